The van der Waals surface area contributed by atoms with E-state index in [0.29, 0.717) is 11.3 Å². The van der Waals surface area contributed by atoms with Gasteiger partial charge in [0.25, 0.3) is 5.91 Å². The number of carbonyl (C=O) groups is 2. The van der Waals surface area contributed by atoms with Crippen LogP contribution in [-0.2, 0) is 9.53 Å². The number of nitrogens with one attached hydrogen (secondary N) is 1. The Morgan fingerprint density at radius 2 is 2.05 bits per heavy atom. The minimum absolute atomic E-state index is 0. The molecule has 2 atom stereocenters. The standard InChI is InChI=1S/C14H20N2O3.ClH/c1-4-9(2)12(14(18)19-3)16-13(17)10-6-5-7-11(15)8-10;/h5-9,12H,4,15H2,1-3H3,(H,16,17);1H/t9-,12-;/m0./s1. The fraction of sp³-hybridized carbons (Fsp3) is 0.429. The van der Waals surface area contributed by atoms with Crippen LogP contribution in [0.4, 0.5) is 5.69 Å². The molecule has 1 amide bonds. The molecule has 5 nitrogen and oxygen atoms in total. The average molecular weight is 301 g/mol. The van der Waals surface area contributed by atoms with E-state index in [2.05, 4.69) is 5.32 Å². The van der Waals surface area contributed by atoms with Crippen LogP contribution in [0.25, 0.3) is 0 Å². The molecule has 0 fully saturated rings. The van der Waals surface area contributed by atoms with E-state index in [1.165, 1.54) is 7.11 Å². The molecule has 1 rings (SSSR count). The molecular weight excluding hydrogens is 280 g/mol. The zero-order chi connectivity index (χ0) is 14.4. The number of nitrogens with two attached hydrogens (primary N) is 1. The molecule has 0 spiro atoms. The summed E-state index contributed by atoms with van der Waals surface area (Å²) in [5, 5.41) is 2.69. The van der Waals surface area contributed by atoms with Crippen molar-refractivity contribution in [1.29, 1.82) is 0 Å². The van der Waals surface area contributed by atoms with Gasteiger partial charge in [-0.2, -0.15) is 0 Å². The first-order chi connectivity index (χ1) is 8.99. The van der Waals surface area contributed by atoms with Gasteiger partial charge in [0.2, 0.25) is 0 Å². The van der Waals surface area contributed by atoms with Crippen molar-refractivity contribution in [2.24, 2.45) is 5.92 Å². The number of carbonyl (C=O) groups excluding carboxylic acids is 2. The Hall–Kier alpha value is -1.75. The lowest BCUT2D eigenvalue weighted by atomic mass is 9.99. The van der Waals surface area contributed by atoms with Crippen molar-refractivity contribution in [1.82, 2.24) is 5.32 Å². The first kappa shape index (κ1) is 18.2. The van der Waals surface area contributed by atoms with Crippen LogP contribution in [0, 0.1) is 5.92 Å². The van der Waals surface area contributed by atoms with Gasteiger partial charge < -0.3 is 15.8 Å². The second-order valence-electron chi connectivity index (χ2n) is 4.49. The summed E-state index contributed by atoms with van der Waals surface area (Å²) in [5.41, 5.74) is 6.56. The lowest BCUT2D eigenvalue weighted by Gasteiger charge is -2.21. The molecule has 6 heteroatoms. The Kier molecular flexibility index (Phi) is 7.69. The number of amides is 1. The highest BCUT2D eigenvalue weighted by molar-refractivity contribution is 5.97. The first-order valence-corrected chi connectivity index (χ1v) is 6.23. The Labute approximate surface area is 125 Å². The maximum atomic E-state index is 12.1. The van der Waals surface area contributed by atoms with Crippen LogP contribution >= 0.6 is 12.4 Å². The number of ether oxygens (including phenoxy) is 1. The molecule has 0 aliphatic heterocycles. The van der Waals surface area contributed by atoms with Crippen LogP contribution in [0.5, 0.6) is 0 Å². The summed E-state index contributed by atoms with van der Waals surface area (Å²) in [4.78, 5) is 23.8. The predicted molar refractivity (Wildman–Crippen MR) is 80.8 cm³/mol. The molecule has 0 saturated heterocycles. The van der Waals surface area contributed by atoms with E-state index in [-0.39, 0.29) is 24.2 Å². The van der Waals surface area contributed by atoms with Crippen molar-refractivity contribution >= 4 is 30.0 Å². The maximum absolute atomic E-state index is 12.1. The number of halogens is 1. The van der Waals surface area contributed by atoms with E-state index in [9.17, 15) is 9.59 Å². The largest absolute Gasteiger partial charge is 0.467 e. The second kappa shape index (κ2) is 8.43. The lowest BCUT2D eigenvalue weighted by Crippen LogP contribution is -2.45. The molecule has 0 aliphatic rings. The number of benzene rings is 1. The third-order valence-corrected chi connectivity index (χ3v) is 3.10. The highest BCUT2D eigenvalue weighted by atomic mass is 35.5. The van der Waals surface area contributed by atoms with Crippen LogP contribution in [0.2, 0.25) is 0 Å². The van der Waals surface area contributed by atoms with Gasteiger partial charge in [0.1, 0.15) is 6.04 Å². The van der Waals surface area contributed by atoms with Crippen molar-refractivity contribution in [3.8, 4) is 0 Å². The second-order valence-corrected chi connectivity index (χ2v) is 4.49. The van der Waals surface area contributed by atoms with Gasteiger partial charge in [-0.25, -0.2) is 4.79 Å². The summed E-state index contributed by atoms with van der Waals surface area (Å²) in [6.07, 6.45) is 0.761. The topological polar surface area (TPSA) is 81.4 Å². The van der Waals surface area contributed by atoms with E-state index >= 15 is 0 Å². The highest BCUT2D eigenvalue weighted by Crippen LogP contribution is 2.12. The van der Waals surface area contributed by atoms with Gasteiger partial charge in [-0.3, -0.25) is 4.79 Å². The average Bonchev–Trinajstić information content (AvgIpc) is 2.42. The number of hydrogen-bond acceptors (Lipinski definition) is 4. The minimum atomic E-state index is -0.649. The molecule has 0 bridgehead atoms. The quantitative estimate of drug-likeness (QED) is 0.644. The third kappa shape index (κ3) is 4.74. The molecular formula is C14H21ClN2O3. The normalized spacial score (nSPS) is 12.8. The van der Waals surface area contributed by atoms with Gasteiger partial charge in [0, 0.05) is 11.3 Å². The van der Waals surface area contributed by atoms with Gasteiger partial charge in [-0.05, 0) is 24.1 Å². The summed E-state index contributed by atoms with van der Waals surface area (Å²) >= 11 is 0. The summed E-state index contributed by atoms with van der Waals surface area (Å²) < 4.78 is 4.72. The molecule has 20 heavy (non-hydrogen) atoms. The van der Waals surface area contributed by atoms with Crippen LogP contribution in [0.3, 0.4) is 0 Å². The summed E-state index contributed by atoms with van der Waals surface area (Å²) in [7, 11) is 1.31. The zero-order valence-corrected chi connectivity index (χ0v) is 12.7. The van der Waals surface area contributed by atoms with Crippen LogP contribution < -0.4 is 11.1 Å². The van der Waals surface area contributed by atoms with Crippen molar-refractivity contribution in [3.05, 3.63) is 29.8 Å². The van der Waals surface area contributed by atoms with Gasteiger partial charge in [-0.15, -0.1) is 12.4 Å². The Bertz CT molecular complexity index is 465. The highest BCUT2D eigenvalue weighted by Gasteiger charge is 2.26. The summed E-state index contributed by atoms with van der Waals surface area (Å²) in [5.74, 6) is -0.771. The number of rotatable bonds is 5. The first-order valence-electron chi connectivity index (χ1n) is 6.23. The van der Waals surface area contributed by atoms with Gasteiger partial charge in [0.15, 0.2) is 0 Å². The van der Waals surface area contributed by atoms with Gasteiger partial charge in [0.05, 0.1) is 7.11 Å². The number of anilines is 1. The third-order valence-electron chi connectivity index (χ3n) is 3.10. The van der Waals surface area contributed by atoms with Crippen LogP contribution in [-0.4, -0.2) is 25.0 Å². The molecule has 1 aromatic carbocycles. The molecule has 0 aliphatic carbocycles. The zero-order valence-electron chi connectivity index (χ0n) is 11.9. The molecule has 3 N–H and O–H groups in total. The molecule has 0 radical (unpaired) electrons. The maximum Gasteiger partial charge on any atom is 0.328 e. The number of esters is 1. The number of hydrogen-bond donors (Lipinski definition) is 2. The Morgan fingerprint density at radius 3 is 2.55 bits per heavy atom. The van der Waals surface area contributed by atoms with Crippen molar-refractivity contribution < 1.29 is 14.3 Å². The Morgan fingerprint density at radius 1 is 1.40 bits per heavy atom. The van der Waals surface area contributed by atoms with E-state index in [1.807, 2.05) is 13.8 Å². The van der Waals surface area contributed by atoms with E-state index in [1.54, 1.807) is 24.3 Å². The number of methoxy groups -OCH3 is 1. The van der Waals surface area contributed by atoms with Gasteiger partial charge in [-0.1, -0.05) is 26.3 Å². The Balaban J connectivity index is 0.00000361. The van der Waals surface area contributed by atoms with Crippen molar-refractivity contribution in [3.63, 3.8) is 0 Å². The van der Waals surface area contributed by atoms with E-state index in [0.717, 1.165) is 6.42 Å². The lowest BCUT2D eigenvalue weighted by molar-refractivity contribution is -0.144. The van der Waals surface area contributed by atoms with Crippen LogP contribution in [0.1, 0.15) is 30.6 Å². The molecule has 0 unspecified atom stereocenters. The fourth-order valence-corrected chi connectivity index (χ4v) is 1.70. The molecule has 112 valence electrons. The molecule has 0 saturated carbocycles. The minimum Gasteiger partial charge on any atom is -0.467 e. The van der Waals surface area contributed by atoms with Crippen LogP contribution in [0.15, 0.2) is 24.3 Å². The monoisotopic (exact) mass is 300 g/mol. The molecule has 1 aromatic rings. The SMILES string of the molecule is CC[C@H](C)[C@H](NC(=O)c1cccc(N)c1)C(=O)OC.Cl. The predicted octanol–water partition coefficient (Wildman–Crippen LogP) is 2.01. The summed E-state index contributed by atoms with van der Waals surface area (Å²) in [6.45, 7) is 3.84. The van der Waals surface area contributed by atoms with E-state index < -0.39 is 12.0 Å². The van der Waals surface area contributed by atoms with Crippen molar-refractivity contribution in [2.45, 2.75) is 26.3 Å². The fourth-order valence-electron chi connectivity index (χ4n) is 1.70. The van der Waals surface area contributed by atoms with Crippen molar-refractivity contribution in [2.75, 3.05) is 12.8 Å². The van der Waals surface area contributed by atoms with E-state index in [4.69, 9.17) is 10.5 Å². The van der Waals surface area contributed by atoms with Gasteiger partial charge >= 0.3 is 5.97 Å². The molecule has 0 heterocycles. The smallest absolute Gasteiger partial charge is 0.328 e. The molecule has 0 aromatic heterocycles. The summed E-state index contributed by atoms with van der Waals surface area (Å²) in [6, 6.07) is 5.96. The number of nitrogen functional groups attached to an aromatic ring is 1.